The van der Waals surface area contributed by atoms with Gasteiger partial charge in [-0.2, -0.15) is 0 Å². The lowest BCUT2D eigenvalue weighted by Crippen LogP contribution is -2.16. The van der Waals surface area contributed by atoms with Crippen LogP contribution in [0.1, 0.15) is 0 Å². The molecular formula is C18H19O3PS. The molecule has 0 atom stereocenters. The minimum absolute atomic E-state index is 0.748. The summed E-state index contributed by atoms with van der Waals surface area (Å²) < 4.78 is 0. The van der Waals surface area contributed by atoms with Crippen LogP contribution in [0.3, 0.4) is 0 Å². The molecule has 23 heavy (non-hydrogen) atoms. The van der Waals surface area contributed by atoms with Crippen molar-refractivity contribution in [2.24, 2.45) is 0 Å². The third kappa shape index (κ3) is 2.80. The van der Waals surface area contributed by atoms with Gasteiger partial charge in [-0.15, -0.1) is 9.21 Å². The van der Waals surface area contributed by atoms with E-state index in [9.17, 15) is 14.7 Å². The van der Waals surface area contributed by atoms with E-state index in [4.69, 9.17) is 0 Å². The van der Waals surface area contributed by atoms with Crippen LogP contribution < -0.4 is 0 Å². The SMILES string of the molecule is OP(O)(O)=[SH](c1ccccc1)(c1ccccc1)c1ccccc1. The van der Waals surface area contributed by atoms with Crippen molar-refractivity contribution < 1.29 is 14.7 Å². The van der Waals surface area contributed by atoms with Crippen LogP contribution in [0.4, 0.5) is 0 Å². The summed E-state index contributed by atoms with van der Waals surface area (Å²) in [5.74, 6) is 0. The zero-order valence-corrected chi connectivity index (χ0v) is 14.2. The number of hydrogen-bond acceptors (Lipinski definition) is 0. The lowest BCUT2D eigenvalue weighted by molar-refractivity contribution is 0.362. The first-order chi connectivity index (χ1) is 11.1. The largest absolute Gasteiger partial charge is 0.329 e. The van der Waals surface area contributed by atoms with Gasteiger partial charge in [0, 0.05) is 0 Å². The Morgan fingerprint density at radius 3 is 0.957 bits per heavy atom. The molecule has 0 amide bonds. The fraction of sp³-hybridized carbons (Fsp3) is 0. The summed E-state index contributed by atoms with van der Waals surface area (Å²) in [6.07, 6.45) is 0. The summed E-state index contributed by atoms with van der Waals surface area (Å²) in [6.45, 7) is -4.21. The highest BCUT2D eigenvalue weighted by Crippen LogP contribution is 2.56. The van der Waals surface area contributed by atoms with Gasteiger partial charge in [-0.25, -0.2) is 0 Å². The lowest BCUT2D eigenvalue weighted by atomic mass is 10.4. The molecule has 0 saturated carbocycles. The zero-order chi connectivity index (χ0) is 16.3. The van der Waals surface area contributed by atoms with E-state index in [1.165, 1.54) is 0 Å². The van der Waals surface area contributed by atoms with Crippen LogP contribution in [0.2, 0.25) is 0 Å². The van der Waals surface area contributed by atoms with Gasteiger partial charge in [0.2, 0.25) is 0 Å². The molecule has 0 aromatic heterocycles. The van der Waals surface area contributed by atoms with E-state index >= 15 is 0 Å². The lowest BCUT2D eigenvalue weighted by Gasteiger charge is -2.36. The Labute approximate surface area is 136 Å². The van der Waals surface area contributed by atoms with Crippen LogP contribution in [0.5, 0.6) is 0 Å². The molecule has 120 valence electrons. The van der Waals surface area contributed by atoms with Crippen LogP contribution in [0.15, 0.2) is 106 Å². The minimum atomic E-state index is -4.21. The van der Waals surface area contributed by atoms with E-state index in [2.05, 4.69) is 0 Å². The van der Waals surface area contributed by atoms with E-state index in [1.54, 1.807) is 0 Å². The monoisotopic (exact) mass is 346 g/mol. The highest BCUT2D eigenvalue weighted by molar-refractivity contribution is 8.39. The number of hydrogen-bond donors (Lipinski definition) is 4. The fourth-order valence-electron chi connectivity index (χ4n) is 2.84. The number of thiol groups is 1. The van der Waals surface area contributed by atoms with Gasteiger partial charge >= 0.3 is 0 Å². The Bertz CT molecular complexity index is 747. The molecule has 3 aromatic rings. The van der Waals surface area contributed by atoms with Crippen molar-refractivity contribution in [3.63, 3.8) is 0 Å². The average molecular weight is 346 g/mol. The predicted octanol–water partition coefficient (Wildman–Crippen LogP) is 3.70. The highest BCUT2D eigenvalue weighted by atomic mass is 32.6. The molecule has 0 fully saturated rings. The van der Waals surface area contributed by atoms with Crippen LogP contribution in [-0.2, 0) is 9.21 Å². The second kappa shape index (κ2) is 6.44. The second-order valence-corrected chi connectivity index (χ2v) is 12.5. The molecule has 3 N–H and O–H groups in total. The molecule has 3 rings (SSSR count). The molecule has 0 aliphatic carbocycles. The number of rotatable bonds is 3. The first-order valence-electron chi connectivity index (χ1n) is 7.20. The topological polar surface area (TPSA) is 60.7 Å². The van der Waals surface area contributed by atoms with Crippen molar-refractivity contribution in [1.29, 1.82) is 0 Å². The molecule has 0 unspecified atom stereocenters. The van der Waals surface area contributed by atoms with E-state index in [0.717, 1.165) is 14.7 Å². The van der Waals surface area contributed by atoms with Crippen LogP contribution >= 0.6 is 6.72 Å². The van der Waals surface area contributed by atoms with E-state index in [0.29, 0.717) is 0 Å². The van der Waals surface area contributed by atoms with Crippen molar-refractivity contribution in [2.45, 2.75) is 14.7 Å². The maximum Gasteiger partial charge on any atom is 0.271 e. The number of benzene rings is 3. The molecule has 5 heteroatoms. The van der Waals surface area contributed by atoms with E-state index < -0.39 is 15.9 Å². The van der Waals surface area contributed by atoms with Gasteiger partial charge in [-0.1, -0.05) is 54.6 Å². The maximum atomic E-state index is 10.6. The Balaban J connectivity index is 2.54. The molecule has 0 aliphatic heterocycles. The van der Waals surface area contributed by atoms with E-state index in [-0.39, 0.29) is 0 Å². The van der Waals surface area contributed by atoms with Gasteiger partial charge < -0.3 is 14.7 Å². The molecule has 0 saturated heterocycles. The van der Waals surface area contributed by atoms with Crippen LogP contribution in [0, 0.1) is 0 Å². The first kappa shape index (κ1) is 16.2. The van der Waals surface area contributed by atoms with Gasteiger partial charge in [0.05, 0.1) is 0 Å². The average Bonchev–Trinajstić information content (AvgIpc) is 2.57. The molecule has 0 spiro atoms. The maximum absolute atomic E-state index is 10.6. The highest BCUT2D eigenvalue weighted by Gasteiger charge is 2.31. The molecule has 3 aromatic carbocycles. The Morgan fingerprint density at radius 2 is 0.739 bits per heavy atom. The van der Waals surface area contributed by atoms with Gasteiger partial charge in [0.1, 0.15) is 0 Å². The predicted molar refractivity (Wildman–Crippen MR) is 96.5 cm³/mol. The Hall–Kier alpha value is -1.68. The van der Waals surface area contributed by atoms with Crippen LogP contribution in [-0.4, -0.2) is 14.7 Å². The Morgan fingerprint density at radius 1 is 0.478 bits per heavy atom. The standard InChI is InChI=1S/C18H19O3PS/c19-22(20,21)23(16-10-4-1-5-11-16,17-12-6-2-7-13-17)18-14-8-3-9-15-18/h1-15,19-21,23H. The molecule has 0 aliphatic rings. The summed E-state index contributed by atoms with van der Waals surface area (Å²) in [5.41, 5.74) is 0. The minimum Gasteiger partial charge on any atom is -0.329 e. The van der Waals surface area contributed by atoms with E-state index in [1.807, 2.05) is 91.0 Å². The smallest absolute Gasteiger partial charge is 0.271 e. The summed E-state index contributed by atoms with van der Waals surface area (Å²) in [5, 5.41) is 0. The molecule has 0 bridgehead atoms. The molecule has 0 heterocycles. The normalized spacial score (nSPS) is 12.8. The van der Waals surface area contributed by atoms with Crippen molar-refractivity contribution in [2.75, 3.05) is 0 Å². The quantitative estimate of drug-likeness (QED) is 0.432. The fourth-order valence-corrected chi connectivity index (χ4v) is 10.5. The van der Waals surface area contributed by atoms with Crippen molar-refractivity contribution in [3.05, 3.63) is 91.0 Å². The van der Waals surface area contributed by atoms with Gasteiger partial charge in [0.25, 0.3) is 6.72 Å². The zero-order valence-electron chi connectivity index (χ0n) is 12.4. The Kier molecular flexibility index (Phi) is 4.53. The van der Waals surface area contributed by atoms with Crippen molar-refractivity contribution in [1.82, 2.24) is 0 Å². The molecule has 3 nitrogen and oxygen atoms in total. The second-order valence-electron chi connectivity index (χ2n) is 5.18. The third-order valence-corrected chi connectivity index (χ3v) is 12.2. The summed E-state index contributed by atoms with van der Waals surface area (Å²) in [7, 11) is -2.96. The van der Waals surface area contributed by atoms with Crippen molar-refractivity contribution >= 4 is 15.9 Å². The molecular weight excluding hydrogens is 327 g/mol. The van der Waals surface area contributed by atoms with Gasteiger partial charge in [0.15, 0.2) is 0 Å². The first-order valence-corrected chi connectivity index (χ1v) is 11.3. The summed E-state index contributed by atoms with van der Waals surface area (Å²) in [4.78, 5) is 33.9. The van der Waals surface area contributed by atoms with Crippen molar-refractivity contribution in [3.8, 4) is 0 Å². The molecule has 0 radical (unpaired) electrons. The van der Waals surface area contributed by atoms with Gasteiger partial charge in [-0.05, 0) is 51.1 Å². The summed E-state index contributed by atoms with van der Waals surface area (Å²) >= 11 is 0. The van der Waals surface area contributed by atoms with Crippen LogP contribution in [0.25, 0.3) is 0 Å². The summed E-state index contributed by atoms with van der Waals surface area (Å²) in [6, 6.07) is 27.9. The van der Waals surface area contributed by atoms with Gasteiger partial charge in [-0.3, -0.25) is 0 Å². The third-order valence-electron chi connectivity index (χ3n) is 3.79.